The lowest BCUT2D eigenvalue weighted by Gasteiger charge is -2.25. The van der Waals surface area contributed by atoms with E-state index < -0.39 is 50.4 Å². The van der Waals surface area contributed by atoms with E-state index in [1.54, 1.807) is 42.5 Å². The van der Waals surface area contributed by atoms with Crippen LogP contribution in [0, 0.1) is 0 Å². The normalized spacial score (nSPS) is 19.6. The number of benzene rings is 3. The van der Waals surface area contributed by atoms with Gasteiger partial charge in [-0.15, -0.1) is 0 Å². The predicted octanol–water partition coefficient (Wildman–Crippen LogP) is 4.87. The van der Waals surface area contributed by atoms with Gasteiger partial charge in [0.1, 0.15) is 23.4 Å². The fourth-order valence-electron chi connectivity index (χ4n) is 4.07. The largest absolute Gasteiger partial charge is 0.587 e. The lowest BCUT2D eigenvalue weighted by molar-refractivity contribution is -0.142. The number of rotatable bonds is 10. The Morgan fingerprint density at radius 2 is 1.48 bits per heavy atom. The van der Waals surface area contributed by atoms with Gasteiger partial charge in [0.25, 0.3) is 0 Å². The zero-order valence-corrected chi connectivity index (χ0v) is 22.6. The van der Waals surface area contributed by atoms with Crippen LogP contribution in [-0.4, -0.2) is 40.3 Å². The molecule has 0 bridgehead atoms. The highest BCUT2D eigenvalue weighted by molar-refractivity contribution is 7.49. The Morgan fingerprint density at radius 3 is 2.02 bits per heavy atom. The number of nitrogens with two attached hydrogens (primary N) is 1. The third kappa shape index (κ3) is 6.49. The van der Waals surface area contributed by atoms with Crippen molar-refractivity contribution in [3.8, 4) is 11.5 Å². The second-order valence-electron chi connectivity index (χ2n) is 8.99. The van der Waals surface area contributed by atoms with E-state index in [0.29, 0.717) is 4.57 Å². The number of phosphoric ester groups is 1. The van der Waals surface area contributed by atoms with Crippen LogP contribution in [0.2, 0.25) is 0 Å². The number of hydrogen-bond donors (Lipinski definition) is 1. The van der Waals surface area contributed by atoms with Gasteiger partial charge in [-0.05, 0) is 42.5 Å². The lowest BCUT2D eigenvalue weighted by atomic mass is 10.1. The molecule has 0 saturated carbocycles. The standard InChI is InChI=1S/C28H24F2N3O8P/c29-28(30)24(39-25(34)19-10-4-1-5-11-19)22(38-26(28)33-17-16-23(31)32-27(33)35)18-37-42(36,40-20-12-6-2-7-13-20)41-21-14-8-3-9-15-21/h1-17,22,24,26H,18H2,(H2,31,32,35). The third-order valence-electron chi connectivity index (χ3n) is 6.02. The number of nitrogen functional groups attached to an aromatic ring is 1. The molecule has 1 fully saturated rings. The number of halogens is 2. The molecule has 1 aliphatic heterocycles. The van der Waals surface area contributed by atoms with Gasteiger partial charge in [0, 0.05) is 6.20 Å². The fraction of sp³-hybridized carbons (Fsp3) is 0.179. The number of aromatic nitrogens is 2. The number of anilines is 1. The molecule has 14 heteroatoms. The van der Waals surface area contributed by atoms with Crippen LogP contribution in [0.5, 0.6) is 11.5 Å². The first-order valence-electron chi connectivity index (χ1n) is 12.5. The van der Waals surface area contributed by atoms with E-state index >= 15 is 8.78 Å². The smallest absolute Gasteiger partial charge is 0.449 e. The van der Waals surface area contributed by atoms with Crippen molar-refractivity contribution in [3.63, 3.8) is 0 Å². The van der Waals surface area contributed by atoms with Gasteiger partial charge in [-0.1, -0.05) is 54.6 Å². The number of para-hydroxylation sites is 2. The Hall–Kier alpha value is -4.58. The van der Waals surface area contributed by atoms with Crippen LogP contribution >= 0.6 is 7.82 Å². The topological polar surface area (TPSA) is 141 Å². The minimum Gasteiger partial charge on any atom is -0.449 e. The first-order chi connectivity index (χ1) is 20.1. The molecule has 218 valence electrons. The Balaban J connectivity index is 1.45. The summed E-state index contributed by atoms with van der Waals surface area (Å²) >= 11 is 0. The van der Waals surface area contributed by atoms with Gasteiger partial charge >= 0.3 is 25.4 Å². The van der Waals surface area contributed by atoms with Crippen molar-refractivity contribution in [2.45, 2.75) is 24.4 Å². The second-order valence-corrected chi connectivity index (χ2v) is 10.5. The molecule has 2 N–H and O–H groups in total. The zero-order chi connectivity index (χ0) is 29.7. The van der Waals surface area contributed by atoms with Crippen molar-refractivity contribution >= 4 is 19.6 Å². The maximum atomic E-state index is 15.9. The number of esters is 1. The minimum atomic E-state index is -4.55. The zero-order valence-electron chi connectivity index (χ0n) is 21.7. The van der Waals surface area contributed by atoms with Crippen molar-refractivity contribution in [1.29, 1.82) is 0 Å². The van der Waals surface area contributed by atoms with E-state index in [0.717, 1.165) is 12.3 Å². The molecule has 4 aromatic rings. The molecule has 0 aliphatic carbocycles. The average Bonchev–Trinajstić information content (AvgIpc) is 3.22. The van der Waals surface area contributed by atoms with E-state index in [1.807, 2.05) is 0 Å². The molecular formula is C28H24F2N3O8P. The molecule has 0 amide bonds. The Labute approximate surface area is 238 Å². The van der Waals surface area contributed by atoms with E-state index in [-0.39, 0.29) is 22.9 Å². The summed E-state index contributed by atoms with van der Waals surface area (Å²) < 4.78 is 73.3. The maximum Gasteiger partial charge on any atom is 0.587 e. The van der Waals surface area contributed by atoms with Crippen LogP contribution in [0.15, 0.2) is 108 Å². The molecular weight excluding hydrogens is 575 g/mol. The molecule has 5 rings (SSSR count). The highest BCUT2D eigenvalue weighted by atomic mass is 31.2. The molecule has 11 nitrogen and oxygen atoms in total. The number of hydrogen-bond acceptors (Lipinski definition) is 10. The summed E-state index contributed by atoms with van der Waals surface area (Å²) in [6.45, 7) is -0.854. The third-order valence-corrected chi connectivity index (χ3v) is 7.35. The van der Waals surface area contributed by atoms with Gasteiger partial charge in [0.2, 0.25) is 6.23 Å². The summed E-state index contributed by atoms with van der Waals surface area (Å²) in [5.74, 6) is -5.04. The number of nitrogens with zero attached hydrogens (tertiary/aromatic N) is 2. The van der Waals surface area contributed by atoms with Gasteiger partial charge in [-0.25, -0.2) is 14.2 Å². The van der Waals surface area contributed by atoms with E-state index in [2.05, 4.69) is 4.98 Å². The van der Waals surface area contributed by atoms with Crippen molar-refractivity contribution in [2.75, 3.05) is 12.3 Å². The molecule has 2 heterocycles. The van der Waals surface area contributed by atoms with E-state index in [9.17, 15) is 14.2 Å². The van der Waals surface area contributed by atoms with Gasteiger partial charge < -0.3 is 24.3 Å². The monoisotopic (exact) mass is 599 g/mol. The van der Waals surface area contributed by atoms with Gasteiger partial charge in [-0.3, -0.25) is 9.09 Å². The second kappa shape index (κ2) is 12.1. The first-order valence-corrected chi connectivity index (χ1v) is 14.0. The average molecular weight is 599 g/mol. The van der Waals surface area contributed by atoms with E-state index in [1.165, 1.54) is 48.5 Å². The molecule has 0 spiro atoms. The van der Waals surface area contributed by atoms with E-state index in [4.69, 9.17) is 28.8 Å². The number of alkyl halides is 2. The molecule has 1 saturated heterocycles. The van der Waals surface area contributed by atoms with Crippen LogP contribution in [0.3, 0.4) is 0 Å². The van der Waals surface area contributed by atoms with Crippen LogP contribution in [0.1, 0.15) is 16.6 Å². The molecule has 3 aromatic carbocycles. The summed E-state index contributed by atoms with van der Waals surface area (Å²) in [4.78, 5) is 28.7. The predicted molar refractivity (Wildman–Crippen MR) is 145 cm³/mol. The first kappa shape index (κ1) is 28.9. The molecule has 0 radical (unpaired) electrons. The van der Waals surface area contributed by atoms with Crippen LogP contribution < -0.4 is 20.5 Å². The Kier molecular flexibility index (Phi) is 8.34. The van der Waals surface area contributed by atoms with Crippen molar-refractivity contribution in [3.05, 3.63) is 119 Å². The SMILES string of the molecule is Nc1ccn(C2OC(COP(=O)(Oc3ccccc3)Oc3ccccc3)C(OC(=O)c3ccccc3)C2(F)F)c(=O)n1. The molecule has 1 aliphatic rings. The maximum absolute atomic E-state index is 15.9. The Bertz CT molecular complexity index is 1580. The molecule has 42 heavy (non-hydrogen) atoms. The number of ether oxygens (including phenoxy) is 2. The molecule has 3 atom stereocenters. The van der Waals surface area contributed by atoms with Crippen LogP contribution in [-0.2, 0) is 18.6 Å². The highest BCUT2D eigenvalue weighted by Crippen LogP contribution is 2.51. The lowest BCUT2D eigenvalue weighted by Crippen LogP contribution is -2.44. The summed E-state index contributed by atoms with van der Waals surface area (Å²) in [5, 5.41) is 0. The fourth-order valence-corrected chi connectivity index (χ4v) is 5.30. The van der Waals surface area contributed by atoms with Gasteiger partial charge in [0.05, 0.1) is 12.2 Å². The summed E-state index contributed by atoms with van der Waals surface area (Å²) in [7, 11) is -4.55. The Morgan fingerprint density at radius 1 is 0.929 bits per heavy atom. The van der Waals surface area contributed by atoms with Crippen molar-refractivity contribution < 1.29 is 41.2 Å². The highest BCUT2D eigenvalue weighted by Gasteiger charge is 2.63. The number of carbonyl (C=O) groups is 1. The van der Waals surface area contributed by atoms with Crippen LogP contribution in [0.4, 0.5) is 14.6 Å². The van der Waals surface area contributed by atoms with Gasteiger partial charge in [-0.2, -0.15) is 13.8 Å². The summed E-state index contributed by atoms with van der Waals surface area (Å²) in [5.41, 5.74) is 4.37. The van der Waals surface area contributed by atoms with Crippen LogP contribution in [0.25, 0.3) is 0 Å². The van der Waals surface area contributed by atoms with Crippen molar-refractivity contribution in [2.24, 2.45) is 0 Å². The molecule has 1 aromatic heterocycles. The number of carbonyl (C=O) groups excluding carboxylic acids is 1. The quantitative estimate of drug-likeness (QED) is 0.198. The van der Waals surface area contributed by atoms with Crippen molar-refractivity contribution in [1.82, 2.24) is 9.55 Å². The van der Waals surface area contributed by atoms with Gasteiger partial charge in [0.15, 0.2) is 6.10 Å². The minimum absolute atomic E-state index is 0.00627. The number of phosphoric acid groups is 1. The summed E-state index contributed by atoms with van der Waals surface area (Å²) in [6.07, 6.45) is -5.33. The molecule has 3 unspecified atom stereocenters. The summed E-state index contributed by atoms with van der Waals surface area (Å²) in [6, 6.07) is 24.4.